The first-order chi connectivity index (χ1) is 22.5. The fraction of sp³-hybridized carbons (Fsp3) is 0.500. The Bertz CT molecular complexity index is 1330. The summed E-state index contributed by atoms with van der Waals surface area (Å²) < 4.78 is 0. The second-order valence-corrected chi connectivity index (χ2v) is 14.1. The molecule has 0 aromatic heterocycles. The van der Waals surface area contributed by atoms with Crippen LogP contribution >= 0.6 is 0 Å². The zero-order valence-electron chi connectivity index (χ0n) is 31.8. The first kappa shape index (κ1) is 39.9. The molecule has 1 saturated heterocycles. The molecule has 1 aliphatic carbocycles. The summed E-state index contributed by atoms with van der Waals surface area (Å²) in [6.07, 6.45) is 13.7. The molecule has 1 spiro atoms. The molecular weight excluding hydrogens is 571 g/mol. The molecule has 5 rings (SSSR count). The maximum Gasteiger partial charge on any atom is 0.0485 e. The number of dihydropyridines is 1. The van der Waals surface area contributed by atoms with Crippen LogP contribution in [-0.2, 0) is 0 Å². The highest BCUT2D eigenvalue weighted by molar-refractivity contribution is 5.83. The van der Waals surface area contributed by atoms with Gasteiger partial charge in [-0.2, -0.15) is 0 Å². The van der Waals surface area contributed by atoms with Crippen molar-refractivity contribution in [1.82, 2.24) is 15.5 Å². The Morgan fingerprint density at radius 3 is 1.85 bits per heavy atom. The van der Waals surface area contributed by atoms with Gasteiger partial charge in [0.05, 0.1) is 0 Å². The summed E-state index contributed by atoms with van der Waals surface area (Å²) in [5, 5.41) is 6.90. The monoisotopic (exact) mass is 638 g/mol. The number of hydrogen-bond donors (Lipinski definition) is 2. The van der Waals surface area contributed by atoms with Crippen molar-refractivity contribution in [3.05, 3.63) is 124 Å². The van der Waals surface area contributed by atoms with Crippen LogP contribution in [0.4, 0.5) is 0 Å². The van der Waals surface area contributed by atoms with Crippen LogP contribution < -0.4 is 10.6 Å². The lowest BCUT2D eigenvalue weighted by Gasteiger charge is -2.56. The quantitative estimate of drug-likeness (QED) is 0.200. The Balaban J connectivity index is 0.000000506. The minimum Gasteiger partial charge on any atom is -0.387 e. The highest BCUT2D eigenvalue weighted by atomic mass is 15.2. The number of nitrogens with one attached hydrogen (secondary N) is 2. The Morgan fingerprint density at radius 2 is 1.38 bits per heavy atom. The number of allylic oxidation sites excluding steroid dienone is 3. The van der Waals surface area contributed by atoms with E-state index in [9.17, 15) is 0 Å². The van der Waals surface area contributed by atoms with Crippen LogP contribution in [0.1, 0.15) is 129 Å². The second kappa shape index (κ2) is 20.2. The molecule has 2 heterocycles. The van der Waals surface area contributed by atoms with Crippen molar-refractivity contribution in [2.75, 3.05) is 26.7 Å². The van der Waals surface area contributed by atoms with E-state index in [1.54, 1.807) is 5.57 Å². The lowest BCUT2D eigenvalue weighted by Crippen LogP contribution is -2.58. The van der Waals surface area contributed by atoms with Gasteiger partial charge in [0, 0.05) is 48.6 Å². The largest absolute Gasteiger partial charge is 0.387 e. The van der Waals surface area contributed by atoms with Crippen LogP contribution in [0, 0.1) is 12.3 Å². The number of hydrogen-bond acceptors (Lipinski definition) is 3. The van der Waals surface area contributed by atoms with Crippen molar-refractivity contribution in [3.63, 3.8) is 0 Å². The fourth-order valence-electron chi connectivity index (χ4n) is 6.55. The maximum absolute atomic E-state index is 4.27. The molecule has 3 aliphatic rings. The van der Waals surface area contributed by atoms with Crippen LogP contribution in [0.15, 0.2) is 102 Å². The maximum atomic E-state index is 4.27. The molecule has 0 amide bonds. The number of likely N-dealkylation sites (tertiary alicyclic amines) is 1. The molecular formula is C44H67N3. The lowest BCUT2D eigenvalue weighted by molar-refractivity contribution is -0.0106. The summed E-state index contributed by atoms with van der Waals surface area (Å²) in [6, 6.07) is 18.4. The van der Waals surface area contributed by atoms with E-state index in [0.29, 0.717) is 5.41 Å². The summed E-state index contributed by atoms with van der Waals surface area (Å²) in [7, 11) is 2.23. The molecule has 47 heavy (non-hydrogen) atoms. The summed E-state index contributed by atoms with van der Waals surface area (Å²) in [4.78, 5) is 2.44. The van der Waals surface area contributed by atoms with Gasteiger partial charge in [-0.1, -0.05) is 143 Å². The molecule has 2 aromatic carbocycles. The van der Waals surface area contributed by atoms with Crippen molar-refractivity contribution >= 4 is 5.57 Å². The summed E-state index contributed by atoms with van der Waals surface area (Å²) in [5.41, 5.74) is 13.4. The fourth-order valence-corrected chi connectivity index (χ4v) is 6.55. The van der Waals surface area contributed by atoms with E-state index in [0.717, 1.165) is 17.8 Å². The van der Waals surface area contributed by atoms with Gasteiger partial charge in [-0.05, 0) is 76.8 Å². The second-order valence-electron chi connectivity index (χ2n) is 14.1. The van der Waals surface area contributed by atoms with Crippen molar-refractivity contribution < 1.29 is 0 Å². The van der Waals surface area contributed by atoms with Crippen LogP contribution in [0.3, 0.4) is 0 Å². The highest BCUT2D eigenvalue weighted by Gasteiger charge is 2.49. The van der Waals surface area contributed by atoms with Crippen molar-refractivity contribution in [1.29, 1.82) is 0 Å². The van der Waals surface area contributed by atoms with Crippen LogP contribution in [-0.4, -0.2) is 31.6 Å². The molecule has 1 atom stereocenters. The van der Waals surface area contributed by atoms with Gasteiger partial charge in [-0.15, -0.1) is 6.58 Å². The lowest BCUT2D eigenvalue weighted by atomic mass is 9.59. The normalized spacial score (nSPS) is 16.4. The van der Waals surface area contributed by atoms with E-state index in [-0.39, 0.29) is 6.04 Å². The van der Waals surface area contributed by atoms with E-state index in [2.05, 4.69) is 125 Å². The number of benzene rings is 2. The minimum atomic E-state index is 0.186. The minimum absolute atomic E-state index is 0.186. The topological polar surface area (TPSA) is 27.3 Å². The number of nitrogens with zero attached hydrogens (tertiary/aromatic N) is 1. The van der Waals surface area contributed by atoms with Gasteiger partial charge in [0.25, 0.3) is 0 Å². The van der Waals surface area contributed by atoms with Crippen molar-refractivity contribution in [3.8, 4) is 0 Å². The van der Waals surface area contributed by atoms with E-state index in [1.807, 2.05) is 33.9 Å². The predicted octanol–water partition coefficient (Wildman–Crippen LogP) is 11.7. The first-order valence-corrected chi connectivity index (χ1v) is 18.2. The molecule has 2 fully saturated rings. The molecule has 0 radical (unpaired) electrons. The van der Waals surface area contributed by atoms with Gasteiger partial charge in [0.1, 0.15) is 0 Å². The first-order valence-electron chi connectivity index (χ1n) is 18.2. The van der Waals surface area contributed by atoms with Crippen LogP contribution in [0.2, 0.25) is 0 Å². The molecule has 3 nitrogen and oxygen atoms in total. The summed E-state index contributed by atoms with van der Waals surface area (Å²) in [5.74, 6) is 0. The van der Waals surface area contributed by atoms with Crippen LogP contribution in [0.25, 0.3) is 5.57 Å². The average Bonchev–Trinajstić information content (AvgIpc) is 3.02. The van der Waals surface area contributed by atoms with Crippen LogP contribution in [0.5, 0.6) is 0 Å². The number of aryl methyl sites for hydroxylation is 1. The third-order valence-corrected chi connectivity index (χ3v) is 8.77. The van der Waals surface area contributed by atoms with Crippen molar-refractivity contribution in [2.45, 2.75) is 113 Å². The molecule has 2 aromatic rings. The zero-order valence-corrected chi connectivity index (χ0v) is 31.8. The molecule has 1 unspecified atom stereocenters. The Labute approximate surface area is 290 Å². The molecule has 2 N–H and O–H groups in total. The van der Waals surface area contributed by atoms with Gasteiger partial charge in [-0.25, -0.2) is 0 Å². The van der Waals surface area contributed by atoms with E-state index in [4.69, 9.17) is 0 Å². The van der Waals surface area contributed by atoms with Crippen molar-refractivity contribution in [2.24, 2.45) is 5.41 Å². The number of unbranched alkanes of at least 4 members (excludes halogenated alkanes) is 4. The van der Waals surface area contributed by atoms with Gasteiger partial charge in [-0.3, -0.25) is 0 Å². The van der Waals surface area contributed by atoms with Gasteiger partial charge >= 0.3 is 0 Å². The zero-order chi connectivity index (χ0) is 35.0. The van der Waals surface area contributed by atoms with E-state index in [1.165, 1.54) is 97.0 Å². The van der Waals surface area contributed by atoms with E-state index < -0.39 is 0 Å². The average molecular weight is 638 g/mol. The third kappa shape index (κ3) is 12.7. The smallest absolute Gasteiger partial charge is 0.0485 e. The number of rotatable bonds is 10. The SMILES string of the molecule is C=C(C)C.C=C(NC(C)c1ccc(C(=C2CC3(C2)CN(C)C3)c2ccc(C)cc2)cc1)C1=CNCC(C)=C1.CC.CCCCCCC. The standard InChI is InChI=1S/C31H37N3.C7H16.C4H8.C2H6/c1-21-6-8-26(9-7-21)30(29-15-31(16-29)19-34(5)20-31)27-12-10-25(11-13-27)23(3)33-24(4)28-14-22(2)17-32-18-28;1-3-5-7-6-4-2;1-4(2)3;1-2/h6-14,18,23,32-33H,4,15-17,19-20H2,1-3,5H3;3-7H2,1-2H3;1H2,2-3H3;1-2H3. The van der Waals surface area contributed by atoms with Gasteiger partial charge in [0.15, 0.2) is 0 Å². The van der Waals surface area contributed by atoms with Gasteiger partial charge in [0.2, 0.25) is 0 Å². The van der Waals surface area contributed by atoms with Gasteiger partial charge < -0.3 is 15.5 Å². The summed E-state index contributed by atoms with van der Waals surface area (Å²) >= 11 is 0. The summed E-state index contributed by atoms with van der Waals surface area (Å²) in [6.45, 7) is 30.2. The Kier molecular flexibility index (Phi) is 17.1. The molecule has 0 bridgehead atoms. The molecule has 258 valence electrons. The Morgan fingerprint density at radius 1 is 0.872 bits per heavy atom. The van der Waals surface area contributed by atoms with E-state index >= 15 is 0 Å². The Hall–Kier alpha value is -3.30. The predicted molar refractivity (Wildman–Crippen MR) is 210 cm³/mol. The molecule has 3 heteroatoms. The molecule has 1 saturated carbocycles. The highest BCUT2D eigenvalue weighted by Crippen LogP contribution is 2.54. The third-order valence-electron chi connectivity index (χ3n) is 8.77. The molecule has 2 aliphatic heterocycles.